The fraction of sp³-hybridized carbons (Fsp3) is 0.154. The maximum atomic E-state index is 12.4. The first-order valence-electron chi connectivity index (χ1n) is 10.6. The number of esters is 1. The average molecular weight is 517 g/mol. The van der Waals surface area contributed by atoms with E-state index in [2.05, 4.69) is 4.99 Å². The van der Waals surface area contributed by atoms with E-state index in [9.17, 15) is 4.79 Å². The minimum Gasteiger partial charge on any atom is -0.490 e. The maximum absolute atomic E-state index is 12.4. The van der Waals surface area contributed by atoms with E-state index in [4.69, 9.17) is 49.0 Å². The predicted octanol–water partition coefficient (Wildman–Crippen LogP) is 7.01. The molecule has 3 aromatic rings. The van der Waals surface area contributed by atoms with E-state index >= 15 is 0 Å². The average Bonchev–Trinajstić information content (AvgIpc) is 3.16. The zero-order chi connectivity index (χ0) is 24.1. The van der Waals surface area contributed by atoms with Crippen LogP contribution in [-0.4, -0.2) is 25.1 Å². The molecule has 4 rings (SSSR count). The fourth-order valence-electron chi connectivity index (χ4n) is 3.34. The highest BCUT2D eigenvalue weighted by atomic mass is 35.5. The van der Waals surface area contributed by atoms with Gasteiger partial charge in [-0.3, -0.25) is 0 Å². The smallest absolute Gasteiger partial charge is 0.363 e. The summed E-state index contributed by atoms with van der Waals surface area (Å²) in [4.78, 5) is 16.7. The van der Waals surface area contributed by atoms with Crippen molar-refractivity contribution in [1.82, 2.24) is 0 Å². The molecular weight excluding hydrogens is 497 g/mol. The van der Waals surface area contributed by atoms with Crippen LogP contribution in [0.4, 0.5) is 0 Å². The number of hydrogen-bond donors (Lipinski definition) is 0. The fourth-order valence-corrected chi connectivity index (χ4v) is 4.10. The van der Waals surface area contributed by atoms with Crippen molar-refractivity contribution >= 4 is 52.7 Å². The van der Waals surface area contributed by atoms with E-state index in [-0.39, 0.29) is 11.6 Å². The van der Waals surface area contributed by atoms with Crippen LogP contribution < -0.4 is 9.47 Å². The maximum Gasteiger partial charge on any atom is 0.363 e. The van der Waals surface area contributed by atoms with E-state index in [0.717, 1.165) is 12.0 Å². The van der Waals surface area contributed by atoms with E-state index < -0.39 is 5.97 Å². The third-order valence-electron chi connectivity index (χ3n) is 4.90. The summed E-state index contributed by atoms with van der Waals surface area (Å²) in [5.41, 5.74) is 2.35. The number of halogens is 3. The lowest BCUT2D eigenvalue weighted by molar-refractivity contribution is -0.129. The normalized spacial score (nSPS) is 14.2. The topological polar surface area (TPSA) is 57.1 Å². The Bertz CT molecular complexity index is 1270. The molecule has 0 saturated carbocycles. The minimum atomic E-state index is -0.599. The van der Waals surface area contributed by atoms with Gasteiger partial charge in [0.1, 0.15) is 0 Å². The molecule has 0 fully saturated rings. The van der Waals surface area contributed by atoms with Gasteiger partial charge in [0.05, 0.1) is 28.8 Å². The number of rotatable bonds is 8. The number of cyclic esters (lactones) is 1. The molecule has 0 aromatic heterocycles. The highest BCUT2D eigenvalue weighted by Gasteiger charge is 2.26. The lowest BCUT2D eigenvalue weighted by atomic mass is 10.1. The molecule has 0 amide bonds. The molecule has 1 heterocycles. The van der Waals surface area contributed by atoms with E-state index in [1.165, 1.54) is 0 Å². The van der Waals surface area contributed by atoms with Gasteiger partial charge in [-0.15, -0.1) is 0 Å². The van der Waals surface area contributed by atoms with Gasteiger partial charge in [-0.25, -0.2) is 9.79 Å². The number of nitrogens with zero attached hydrogens (tertiary/aromatic N) is 1. The van der Waals surface area contributed by atoms with Crippen LogP contribution in [0.2, 0.25) is 15.1 Å². The van der Waals surface area contributed by atoms with Crippen molar-refractivity contribution in [3.05, 3.63) is 98.1 Å². The van der Waals surface area contributed by atoms with Crippen molar-refractivity contribution in [2.45, 2.75) is 13.3 Å². The Kier molecular flexibility index (Phi) is 7.78. The first kappa shape index (κ1) is 24.1. The molecule has 1 aliphatic rings. The van der Waals surface area contributed by atoms with Crippen LogP contribution >= 0.6 is 34.8 Å². The molecule has 34 heavy (non-hydrogen) atoms. The highest BCUT2D eigenvalue weighted by molar-refractivity contribution is 6.37. The molecule has 0 spiro atoms. The Balaban J connectivity index is 1.57. The Hall–Kier alpha value is -2.99. The third-order valence-corrected chi connectivity index (χ3v) is 5.73. The molecule has 8 heteroatoms. The molecule has 0 atom stereocenters. The zero-order valence-corrected chi connectivity index (χ0v) is 20.5. The van der Waals surface area contributed by atoms with Crippen molar-refractivity contribution in [3.8, 4) is 11.5 Å². The molecule has 0 N–H and O–H groups in total. The summed E-state index contributed by atoms with van der Waals surface area (Å²) in [5.74, 6) is 0.437. The second-order valence-corrected chi connectivity index (χ2v) is 8.56. The van der Waals surface area contributed by atoms with Crippen LogP contribution in [0.25, 0.3) is 6.08 Å². The molecule has 5 nitrogen and oxygen atoms in total. The summed E-state index contributed by atoms with van der Waals surface area (Å²) < 4.78 is 17.0. The van der Waals surface area contributed by atoms with Crippen LogP contribution in [0.1, 0.15) is 23.6 Å². The molecule has 0 saturated heterocycles. The van der Waals surface area contributed by atoms with Crippen LogP contribution in [0, 0.1) is 0 Å². The first-order chi connectivity index (χ1) is 16.4. The Morgan fingerprint density at radius 3 is 2.50 bits per heavy atom. The summed E-state index contributed by atoms with van der Waals surface area (Å²) in [6.07, 6.45) is 2.30. The number of carbonyl (C=O) groups excluding carboxylic acids is 1. The lowest BCUT2D eigenvalue weighted by Crippen LogP contribution is -2.06. The number of ether oxygens (including phenoxy) is 3. The number of benzene rings is 3. The van der Waals surface area contributed by atoms with Gasteiger partial charge in [-0.2, -0.15) is 0 Å². The van der Waals surface area contributed by atoms with Gasteiger partial charge in [0.2, 0.25) is 5.90 Å². The second-order valence-electron chi connectivity index (χ2n) is 7.31. The number of hydrogen-bond acceptors (Lipinski definition) is 5. The summed E-state index contributed by atoms with van der Waals surface area (Å²) >= 11 is 18.7. The van der Waals surface area contributed by atoms with Crippen LogP contribution in [0.15, 0.2) is 71.4 Å². The van der Waals surface area contributed by atoms with Gasteiger partial charge in [-0.05, 0) is 54.5 Å². The summed E-state index contributed by atoms with van der Waals surface area (Å²) in [6, 6.07) is 18.3. The van der Waals surface area contributed by atoms with Crippen LogP contribution in [0.3, 0.4) is 0 Å². The summed E-state index contributed by atoms with van der Waals surface area (Å²) in [6.45, 7) is 2.73. The van der Waals surface area contributed by atoms with Crippen molar-refractivity contribution in [3.63, 3.8) is 0 Å². The standard InChI is InChI=1S/C26H20Cl3NO4/c1-2-32-23-14-17(12-21(29)24(23)33-11-10-16-6-4-3-5-7-16)13-22-26(31)34-25(30-22)19-9-8-18(27)15-20(19)28/h3-9,12-15H,2,10-11H2,1H3/b22-13-. The van der Waals surface area contributed by atoms with Gasteiger partial charge in [-0.1, -0.05) is 65.1 Å². The zero-order valence-electron chi connectivity index (χ0n) is 18.2. The van der Waals surface area contributed by atoms with Gasteiger partial charge in [0.15, 0.2) is 17.2 Å². The van der Waals surface area contributed by atoms with Gasteiger partial charge in [0.25, 0.3) is 0 Å². The summed E-state index contributed by atoms with van der Waals surface area (Å²) in [5, 5.41) is 1.17. The van der Waals surface area contributed by atoms with Crippen LogP contribution in [0.5, 0.6) is 11.5 Å². The molecular formula is C26H20Cl3NO4. The Morgan fingerprint density at radius 2 is 1.76 bits per heavy atom. The highest BCUT2D eigenvalue weighted by Crippen LogP contribution is 2.38. The van der Waals surface area contributed by atoms with E-state index in [1.54, 1.807) is 36.4 Å². The van der Waals surface area contributed by atoms with E-state index in [1.807, 2.05) is 37.3 Å². The third kappa shape index (κ3) is 5.73. The van der Waals surface area contributed by atoms with Gasteiger partial charge >= 0.3 is 5.97 Å². The van der Waals surface area contributed by atoms with Crippen LogP contribution in [-0.2, 0) is 16.0 Å². The Labute approximate surface area is 212 Å². The molecule has 0 radical (unpaired) electrons. The van der Waals surface area contributed by atoms with Crippen molar-refractivity contribution in [1.29, 1.82) is 0 Å². The first-order valence-corrected chi connectivity index (χ1v) is 11.7. The van der Waals surface area contributed by atoms with Gasteiger partial charge in [0, 0.05) is 11.4 Å². The predicted molar refractivity (Wildman–Crippen MR) is 135 cm³/mol. The molecule has 3 aromatic carbocycles. The molecule has 174 valence electrons. The molecule has 0 aliphatic carbocycles. The van der Waals surface area contributed by atoms with Crippen molar-refractivity contribution < 1.29 is 19.0 Å². The Morgan fingerprint density at radius 1 is 0.971 bits per heavy atom. The quantitative estimate of drug-likeness (QED) is 0.239. The molecule has 0 unspecified atom stereocenters. The van der Waals surface area contributed by atoms with Gasteiger partial charge < -0.3 is 14.2 Å². The monoisotopic (exact) mass is 515 g/mol. The number of carbonyl (C=O) groups is 1. The SMILES string of the molecule is CCOc1cc(/C=C2\N=C(c3ccc(Cl)cc3Cl)OC2=O)cc(Cl)c1OCCc1ccccc1. The second kappa shape index (κ2) is 11.0. The summed E-state index contributed by atoms with van der Waals surface area (Å²) in [7, 11) is 0. The molecule has 0 bridgehead atoms. The largest absolute Gasteiger partial charge is 0.490 e. The number of aliphatic imine (C=N–C) groups is 1. The minimum absolute atomic E-state index is 0.106. The lowest BCUT2D eigenvalue weighted by Gasteiger charge is -2.14. The van der Waals surface area contributed by atoms with Crippen molar-refractivity contribution in [2.24, 2.45) is 4.99 Å². The van der Waals surface area contributed by atoms with E-state index in [0.29, 0.717) is 50.9 Å². The molecule has 1 aliphatic heterocycles. The van der Waals surface area contributed by atoms with Crippen molar-refractivity contribution in [2.75, 3.05) is 13.2 Å².